The van der Waals surface area contributed by atoms with Gasteiger partial charge in [0.25, 0.3) is 0 Å². The Morgan fingerprint density at radius 2 is 2.15 bits per heavy atom. The Balaban J connectivity index is 1.69. The molecule has 26 heavy (non-hydrogen) atoms. The summed E-state index contributed by atoms with van der Waals surface area (Å²) in [4.78, 5) is 24.6. The van der Waals surface area contributed by atoms with Crippen molar-refractivity contribution in [1.29, 1.82) is 0 Å². The zero-order valence-electron chi connectivity index (χ0n) is 14.9. The number of carbonyl (C=O) groups is 1. The lowest BCUT2D eigenvalue weighted by molar-refractivity contribution is 0.172. The quantitative estimate of drug-likeness (QED) is 0.888. The van der Waals surface area contributed by atoms with Gasteiger partial charge in [0.1, 0.15) is 17.9 Å². The van der Waals surface area contributed by atoms with Gasteiger partial charge in [-0.15, -0.1) is 0 Å². The number of benzene rings is 1. The number of hydrogen-bond acceptors (Lipinski definition) is 5. The second-order valence-electron chi connectivity index (χ2n) is 6.07. The average molecular weight is 376 g/mol. The molecule has 2 aromatic rings. The monoisotopic (exact) mass is 375 g/mol. The van der Waals surface area contributed by atoms with Crippen LogP contribution in [0.5, 0.6) is 11.6 Å². The van der Waals surface area contributed by atoms with Crippen molar-refractivity contribution >= 4 is 23.4 Å². The number of piperazine rings is 1. The number of para-hydroxylation sites is 1. The van der Waals surface area contributed by atoms with Crippen LogP contribution in [0.25, 0.3) is 0 Å². The van der Waals surface area contributed by atoms with Crippen molar-refractivity contribution in [3.8, 4) is 11.6 Å². The maximum Gasteiger partial charge on any atom is 0.317 e. The number of nitrogens with zero attached hydrogens (tertiary/aromatic N) is 4. The third kappa shape index (κ3) is 4.16. The van der Waals surface area contributed by atoms with Crippen LogP contribution in [-0.2, 0) is 0 Å². The summed E-state index contributed by atoms with van der Waals surface area (Å²) in [6, 6.07) is 9.10. The largest absolute Gasteiger partial charge is 0.437 e. The first-order valence-electron chi connectivity index (χ1n) is 8.62. The molecule has 1 atom stereocenters. The number of nitrogens with one attached hydrogen (secondary N) is 1. The van der Waals surface area contributed by atoms with Gasteiger partial charge >= 0.3 is 6.03 Å². The van der Waals surface area contributed by atoms with Crippen LogP contribution in [0.4, 0.5) is 10.6 Å². The van der Waals surface area contributed by atoms with Gasteiger partial charge in [0, 0.05) is 38.3 Å². The summed E-state index contributed by atoms with van der Waals surface area (Å²) in [5.41, 5.74) is 0. The number of urea groups is 1. The molecule has 3 rings (SSSR count). The Kier molecular flexibility index (Phi) is 5.78. The molecule has 8 heteroatoms. The van der Waals surface area contributed by atoms with Gasteiger partial charge in [-0.25, -0.2) is 14.8 Å². The highest BCUT2D eigenvalue weighted by Crippen LogP contribution is 2.29. The first kappa shape index (κ1) is 18.3. The molecule has 1 aliphatic rings. The minimum absolute atomic E-state index is 0.0231. The van der Waals surface area contributed by atoms with Crippen LogP contribution in [-0.4, -0.2) is 53.1 Å². The fraction of sp³-hybridized carbons (Fsp3) is 0.389. The zero-order chi connectivity index (χ0) is 18.5. The van der Waals surface area contributed by atoms with Gasteiger partial charge in [0.05, 0.1) is 5.02 Å². The average Bonchev–Trinajstić information content (AvgIpc) is 2.64. The van der Waals surface area contributed by atoms with E-state index in [1.807, 2.05) is 30.9 Å². The van der Waals surface area contributed by atoms with Gasteiger partial charge in [-0.1, -0.05) is 23.7 Å². The maximum atomic E-state index is 12.1. The zero-order valence-corrected chi connectivity index (χ0v) is 15.6. The third-order valence-corrected chi connectivity index (χ3v) is 4.53. The van der Waals surface area contributed by atoms with Crippen molar-refractivity contribution in [2.24, 2.45) is 0 Å². The highest BCUT2D eigenvalue weighted by atomic mass is 35.5. The molecular formula is C18H22ClN5O2. The van der Waals surface area contributed by atoms with Gasteiger partial charge in [0.2, 0.25) is 5.88 Å². The van der Waals surface area contributed by atoms with E-state index in [1.54, 1.807) is 18.2 Å². The molecule has 1 fully saturated rings. The van der Waals surface area contributed by atoms with Gasteiger partial charge in [-0.3, -0.25) is 0 Å². The van der Waals surface area contributed by atoms with Crippen LogP contribution >= 0.6 is 11.6 Å². The van der Waals surface area contributed by atoms with E-state index in [0.29, 0.717) is 42.8 Å². The van der Waals surface area contributed by atoms with E-state index in [4.69, 9.17) is 16.3 Å². The van der Waals surface area contributed by atoms with E-state index in [0.717, 1.165) is 5.82 Å². The summed E-state index contributed by atoms with van der Waals surface area (Å²) < 4.78 is 5.77. The molecule has 0 radical (unpaired) electrons. The fourth-order valence-corrected chi connectivity index (χ4v) is 3.09. The van der Waals surface area contributed by atoms with Crippen molar-refractivity contribution in [2.45, 2.75) is 19.9 Å². The van der Waals surface area contributed by atoms with Crippen LogP contribution in [0.15, 0.2) is 36.7 Å². The van der Waals surface area contributed by atoms with Crippen molar-refractivity contribution in [3.63, 3.8) is 0 Å². The first-order valence-corrected chi connectivity index (χ1v) is 9.00. The summed E-state index contributed by atoms with van der Waals surface area (Å²) in [5, 5.41) is 3.38. The standard InChI is InChI=1S/C18H22ClN5O2/c1-3-20-18(25)24-9-8-23(11-13(24)2)16-10-17(22-12-21-16)26-15-7-5-4-6-14(15)19/h4-7,10,12-13H,3,8-9,11H2,1-2H3,(H,20,25). The molecular weight excluding hydrogens is 354 g/mol. The second-order valence-corrected chi connectivity index (χ2v) is 6.48. The molecule has 138 valence electrons. The minimum Gasteiger partial charge on any atom is -0.437 e. The summed E-state index contributed by atoms with van der Waals surface area (Å²) in [6.07, 6.45) is 1.47. The Bertz CT molecular complexity index is 773. The Morgan fingerprint density at radius 3 is 2.88 bits per heavy atom. The molecule has 0 bridgehead atoms. The van der Waals surface area contributed by atoms with E-state index < -0.39 is 0 Å². The van der Waals surface area contributed by atoms with Crippen molar-refractivity contribution < 1.29 is 9.53 Å². The summed E-state index contributed by atoms with van der Waals surface area (Å²) in [6.45, 7) is 6.60. The highest BCUT2D eigenvalue weighted by molar-refractivity contribution is 6.32. The lowest BCUT2D eigenvalue weighted by Gasteiger charge is -2.40. The second kappa shape index (κ2) is 8.23. The minimum atomic E-state index is -0.0231. The number of rotatable bonds is 4. The van der Waals surface area contributed by atoms with Crippen molar-refractivity contribution in [2.75, 3.05) is 31.1 Å². The SMILES string of the molecule is CCNC(=O)N1CCN(c2cc(Oc3ccccc3Cl)ncn2)CC1C. The van der Waals surface area contributed by atoms with Crippen LogP contribution in [0.3, 0.4) is 0 Å². The predicted octanol–water partition coefficient (Wildman–Crippen LogP) is 3.16. The number of anilines is 1. The van der Waals surface area contributed by atoms with Gasteiger partial charge in [0.15, 0.2) is 0 Å². The van der Waals surface area contributed by atoms with Gasteiger partial charge in [-0.2, -0.15) is 0 Å². The van der Waals surface area contributed by atoms with E-state index in [2.05, 4.69) is 20.2 Å². The van der Waals surface area contributed by atoms with E-state index >= 15 is 0 Å². The van der Waals surface area contributed by atoms with E-state index in [9.17, 15) is 4.79 Å². The van der Waals surface area contributed by atoms with Gasteiger partial charge in [-0.05, 0) is 26.0 Å². The normalized spacial score (nSPS) is 17.1. The molecule has 2 amide bonds. The Morgan fingerprint density at radius 1 is 1.35 bits per heavy atom. The molecule has 7 nitrogen and oxygen atoms in total. The number of ether oxygens (including phenoxy) is 1. The van der Waals surface area contributed by atoms with Crippen LogP contribution < -0.4 is 15.0 Å². The summed E-state index contributed by atoms with van der Waals surface area (Å²) in [7, 11) is 0. The molecule has 0 saturated carbocycles. The van der Waals surface area contributed by atoms with E-state index in [1.165, 1.54) is 6.33 Å². The van der Waals surface area contributed by atoms with Gasteiger partial charge < -0.3 is 19.9 Å². The topological polar surface area (TPSA) is 70.6 Å². The summed E-state index contributed by atoms with van der Waals surface area (Å²) in [5.74, 6) is 1.75. The van der Waals surface area contributed by atoms with Crippen molar-refractivity contribution in [1.82, 2.24) is 20.2 Å². The molecule has 0 spiro atoms. The Hall–Kier alpha value is -2.54. The Labute approximate surface area is 157 Å². The lowest BCUT2D eigenvalue weighted by Crippen LogP contribution is -2.56. The smallest absolute Gasteiger partial charge is 0.317 e. The fourth-order valence-electron chi connectivity index (χ4n) is 2.92. The molecule has 1 aromatic heterocycles. The van der Waals surface area contributed by atoms with Crippen LogP contribution in [0, 0.1) is 0 Å². The number of hydrogen-bond donors (Lipinski definition) is 1. The summed E-state index contributed by atoms with van der Waals surface area (Å²) >= 11 is 6.13. The van der Waals surface area contributed by atoms with Crippen molar-refractivity contribution in [3.05, 3.63) is 41.7 Å². The highest BCUT2D eigenvalue weighted by Gasteiger charge is 2.28. The molecule has 1 aromatic carbocycles. The molecule has 1 unspecified atom stereocenters. The predicted molar refractivity (Wildman–Crippen MR) is 101 cm³/mol. The molecule has 2 heterocycles. The maximum absolute atomic E-state index is 12.1. The number of amides is 2. The first-order chi connectivity index (χ1) is 12.6. The third-order valence-electron chi connectivity index (χ3n) is 4.22. The number of halogens is 1. The molecule has 1 saturated heterocycles. The number of carbonyl (C=O) groups excluding carboxylic acids is 1. The van der Waals surface area contributed by atoms with Crippen LogP contribution in [0.2, 0.25) is 5.02 Å². The lowest BCUT2D eigenvalue weighted by atomic mass is 10.2. The van der Waals surface area contributed by atoms with E-state index in [-0.39, 0.29) is 12.1 Å². The number of aromatic nitrogens is 2. The molecule has 1 aliphatic heterocycles. The molecule has 0 aliphatic carbocycles. The van der Waals surface area contributed by atoms with Crippen LogP contribution in [0.1, 0.15) is 13.8 Å². The molecule has 1 N–H and O–H groups in total.